The van der Waals surface area contributed by atoms with Crippen LogP contribution in [0.5, 0.6) is 5.75 Å². The summed E-state index contributed by atoms with van der Waals surface area (Å²) in [6.07, 6.45) is -0.831. The molecule has 6 heteroatoms. The standard InChI is InChI=1S/C11H14F2N2O2/c1-11(2,3)15-10(16)17-7-5-4-6(12)9(14)8(7)13/h4-5H,14H2,1-3H3,(H,15,16). The average molecular weight is 244 g/mol. The molecule has 1 aromatic rings. The molecular formula is C11H14F2N2O2. The van der Waals surface area contributed by atoms with Crippen LogP contribution in [-0.2, 0) is 0 Å². The van der Waals surface area contributed by atoms with E-state index >= 15 is 0 Å². The van der Waals surface area contributed by atoms with Crippen molar-refractivity contribution in [3.8, 4) is 5.75 Å². The van der Waals surface area contributed by atoms with Gasteiger partial charge in [0.2, 0.25) is 0 Å². The fraction of sp³-hybridized carbons (Fsp3) is 0.364. The average Bonchev–Trinajstić information content (AvgIpc) is 2.16. The molecule has 0 unspecified atom stereocenters. The van der Waals surface area contributed by atoms with Crippen molar-refractivity contribution in [1.29, 1.82) is 0 Å². The number of hydrogen-bond acceptors (Lipinski definition) is 3. The Hall–Kier alpha value is -1.85. The van der Waals surface area contributed by atoms with Crippen molar-refractivity contribution >= 4 is 11.8 Å². The number of benzene rings is 1. The second-order valence-electron chi connectivity index (χ2n) is 4.54. The second kappa shape index (κ2) is 4.57. The van der Waals surface area contributed by atoms with E-state index in [1.807, 2.05) is 0 Å². The summed E-state index contributed by atoms with van der Waals surface area (Å²) in [6.45, 7) is 5.22. The highest BCUT2D eigenvalue weighted by atomic mass is 19.1. The van der Waals surface area contributed by atoms with E-state index in [1.54, 1.807) is 20.8 Å². The summed E-state index contributed by atoms with van der Waals surface area (Å²) < 4.78 is 30.9. The molecule has 0 saturated heterocycles. The number of hydrogen-bond donors (Lipinski definition) is 2. The molecule has 0 aliphatic rings. The molecule has 4 nitrogen and oxygen atoms in total. The van der Waals surface area contributed by atoms with Gasteiger partial charge in [-0.3, -0.25) is 0 Å². The third-order valence-electron chi connectivity index (χ3n) is 1.77. The Morgan fingerprint density at radius 2 is 1.94 bits per heavy atom. The Morgan fingerprint density at radius 1 is 1.35 bits per heavy atom. The summed E-state index contributed by atoms with van der Waals surface area (Å²) in [5.41, 5.74) is 3.93. The van der Waals surface area contributed by atoms with E-state index in [0.29, 0.717) is 0 Å². The lowest BCUT2D eigenvalue weighted by Crippen LogP contribution is -2.42. The molecule has 0 saturated carbocycles. The minimum atomic E-state index is -1.09. The monoisotopic (exact) mass is 244 g/mol. The number of halogens is 2. The van der Waals surface area contributed by atoms with E-state index in [9.17, 15) is 13.6 Å². The fourth-order valence-corrected chi connectivity index (χ4v) is 1.06. The predicted molar refractivity (Wildman–Crippen MR) is 59.7 cm³/mol. The lowest BCUT2D eigenvalue weighted by atomic mass is 10.1. The predicted octanol–water partition coefficient (Wildman–Crippen LogP) is 2.43. The first kappa shape index (κ1) is 13.2. The molecule has 1 amide bonds. The van der Waals surface area contributed by atoms with Gasteiger partial charge in [-0.2, -0.15) is 0 Å². The summed E-state index contributed by atoms with van der Waals surface area (Å²) >= 11 is 0. The molecule has 0 radical (unpaired) electrons. The molecule has 0 aliphatic heterocycles. The number of nitrogen functional groups attached to an aromatic ring is 1. The van der Waals surface area contributed by atoms with Gasteiger partial charge in [0.25, 0.3) is 0 Å². The second-order valence-corrected chi connectivity index (χ2v) is 4.54. The lowest BCUT2D eigenvalue weighted by molar-refractivity contribution is 0.188. The summed E-state index contributed by atoms with van der Waals surface area (Å²) in [6, 6.07) is 1.93. The number of nitrogens with one attached hydrogen (secondary N) is 1. The minimum absolute atomic E-state index is 0.411. The van der Waals surface area contributed by atoms with Crippen LogP contribution in [0.1, 0.15) is 20.8 Å². The SMILES string of the molecule is CC(C)(C)NC(=O)Oc1ccc(F)c(N)c1F. The number of carbonyl (C=O) groups is 1. The quantitative estimate of drug-likeness (QED) is 0.746. The van der Waals surface area contributed by atoms with Crippen LogP contribution in [0, 0.1) is 11.6 Å². The highest BCUT2D eigenvalue weighted by molar-refractivity contribution is 5.71. The van der Waals surface area contributed by atoms with Crippen LogP contribution in [0.25, 0.3) is 0 Å². The van der Waals surface area contributed by atoms with Crippen molar-refractivity contribution in [3.05, 3.63) is 23.8 Å². The molecule has 0 heterocycles. The Balaban J connectivity index is 2.83. The maximum Gasteiger partial charge on any atom is 0.413 e. The summed E-state index contributed by atoms with van der Waals surface area (Å²) in [5, 5.41) is 2.47. The number of nitrogens with two attached hydrogens (primary N) is 1. The van der Waals surface area contributed by atoms with Crippen molar-refractivity contribution in [1.82, 2.24) is 5.32 Å². The number of ether oxygens (including phenoxy) is 1. The molecule has 3 N–H and O–H groups in total. The van der Waals surface area contributed by atoms with Gasteiger partial charge in [0.15, 0.2) is 11.6 Å². The molecule has 1 aromatic carbocycles. The van der Waals surface area contributed by atoms with Crippen LogP contribution < -0.4 is 15.8 Å². The summed E-state index contributed by atoms with van der Waals surface area (Å²) in [4.78, 5) is 11.3. The first-order valence-corrected chi connectivity index (χ1v) is 4.94. The Morgan fingerprint density at radius 3 is 2.47 bits per heavy atom. The van der Waals surface area contributed by atoms with Crippen LogP contribution in [0.2, 0.25) is 0 Å². The van der Waals surface area contributed by atoms with Gasteiger partial charge in [-0.05, 0) is 32.9 Å². The maximum atomic E-state index is 13.4. The molecule has 94 valence electrons. The first-order valence-electron chi connectivity index (χ1n) is 4.94. The third kappa shape index (κ3) is 3.58. The molecule has 17 heavy (non-hydrogen) atoms. The number of rotatable bonds is 1. The van der Waals surface area contributed by atoms with Gasteiger partial charge in [-0.15, -0.1) is 0 Å². The van der Waals surface area contributed by atoms with E-state index in [0.717, 1.165) is 12.1 Å². The highest BCUT2D eigenvalue weighted by Gasteiger charge is 2.18. The molecule has 0 aromatic heterocycles. The fourth-order valence-electron chi connectivity index (χ4n) is 1.06. The Labute approximate surface area is 97.8 Å². The van der Waals surface area contributed by atoms with E-state index < -0.39 is 34.7 Å². The molecule has 1 rings (SSSR count). The van der Waals surface area contributed by atoms with Crippen LogP contribution in [0.3, 0.4) is 0 Å². The van der Waals surface area contributed by atoms with Crippen LogP contribution in [-0.4, -0.2) is 11.6 Å². The molecular weight excluding hydrogens is 230 g/mol. The molecule has 0 aliphatic carbocycles. The van der Waals surface area contributed by atoms with E-state index in [1.165, 1.54) is 0 Å². The highest BCUT2D eigenvalue weighted by Crippen LogP contribution is 2.25. The van der Waals surface area contributed by atoms with Crippen molar-refractivity contribution in [2.24, 2.45) is 0 Å². The number of amides is 1. The summed E-state index contributed by atoms with van der Waals surface area (Å²) in [7, 11) is 0. The van der Waals surface area contributed by atoms with Crippen molar-refractivity contribution < 1.29 is 18.3 Å². The van der Waals surface area contributed by atoms with E-state index in [2.05, 4.69) is 10.1 Å². The summed E-state index contributed by atoms with van der Waals surface area (Å²) in [5.74, 6) is -2.40. The van der Waals surface area contributed by atoms with Crippen molar-refractivity contribution in [3.63, 3.8) is 0 Å². The minimum Gasteiger partial charge on any atom is -0.407 e. The van der Waals surface area contributed by atoms with E-state index in [4.69, 9.17) is 5.73 Å². The van der Waals surface area contributed by atoms with Crippen molar-refractivity contribution in [2.75, 3.05) is 5.73 Å². The molecule has 0 fully saturated rings. The van der Waals surface area contributed by atoms with Crippen LogP contribution >= 0.6 is 0 Å². The smallest absolute Gasteiger partial charge is 0.407 e. The Bertz CT molecular complexity index is 442. The zero-order valence-electron chi connectivity index (χ0n) is 9.80. The maximum absolute atomic E-state index is 13.4. The zero-order valence-corrected chi connectivity index (χ0v) is 9.80. The zero-order chi connectivity index (χ0) is 13.2. The van der Waals surface area contributed by atoms with Crippen molar-refractivity contribution in [2.45, 2.75) is 26.3 Å². The number of carbonyl (C=O) groups excluding carboxylic acids is 1. The van der Waals surface area contributed by atoms with Gasteiger partial charge in [0.05, 0.1) is 0 Å². The van der Waals surface area contributed by atoms with Gasteiger partial charge in [-0.25, -0.2) is 13.6 Å². The molecule has 0 bridgehead atoms. The van der Waals surface area contributed by atoms with Crippen LogP contribution in [0.4, 0.5) is 19.3 Å². The molecule has 0 spiro atoms. The van der Waals surface area contributed by atoms with Crippen LogP contribution in [0.15, 0.2) is 12.1 Å². The van der Waals surface area contributed by atoms with E-state index in [-0.39, 0.29) is 0 Å². The van der Waals surface area contributed by atoms with Gasteiger partial charge < -0.3 is 15.8 Å². The molecule has 0 atom stereocenters. The lowest BCUT2D eigenvalue weighted by Gasteiger charge is -2.20. The normalized spacial score (nSPS) is 11.1. The van der Waals surface area contributed by atoms with Gasteiger partial charge in [-0.1, -0.05) is 0 Å². The number of anilines is 1. The first-order chi connectivity index (χ1) is 7.70. The largest absolute Gasteiger partial charge is 0.413 e. The van der Waals surface area contributed by atoms with Gasteiger partial charge in [0, 0.05) is 5.54 Å². The van der Waals surface area contributed by atoms with Gasteiger partial charge >= 0.3 is 6.09 Å². The Kier molecular flexibility index (Phi) is 3.55. The third-order valence-corrected chi connectivity index (χ3v) is 1.77. The van der Waals surface area contributed by atoms with Gasteiger partial charge in [0.1, 0.15) is 11.5 Å². The topological polar surface area (TPSA) is 64.3 Å².